The Balaban J connectivity index is 1.81. The number of sulfone groups is 1. The summed E-state index contributed by atoms with van der Waals surface area (Å²) < 4.78 is 63.7. The fourth-order valence-corrected chi connectivity index (χ4v) is 5.08. The first-order valence-corrected chi connectivity index (χ1v) is 10.0. The fourth-order valence-electron chi connectivity index (χ4n) is 3.18. The van der Waals surface area contributed by atoms with Crippen molar-refractivity contribution in [2.24, 2.45) is 0 Å². The molecule has 1 saturated carbocycles. The smallest absolute Gasteiger partial charge is 0.322 e. The van der Waals surface area contributed by atoms with Crippen molar-refractivity contribution >= 4 is 21.4 Å². The van der Waals surface area contributed by atoms with E-state index in [0.717, 1.165) is 31.0 Å². The molecule has 1 fully saturated rings. The van der Waals surface area contributed by atoms with Gasteiger partial charge in [0.2, 0.25) is 0 Å². The highest BCUT2D eigenvalue weighted by Gasteiger charge is 2.31. The molecule has 0 spiro atoms. The van der Waals surface area contributed by atoms with E-state index >= 15 is 0 Å². The summed E-state index contributed by atoms with van der Waals surface area (Å²) in [6.45, 7) is 0. The molecular weight excluding hydrogens is 379 g/mol. The van der Waals surface area contributed by atoms with E-state index < -0.39 is 32.7 Å². The molecule has 27 heavy (non-hydrogen) atoms. The maximum absolute atomic E-state index is 12.8. The van der Waals surface area contributed by atoms with Crippen molar-refractivity contribution in [3.8, 4) is 0 Å². The van der Waals surface area contributed by atoms with E-state index in [4.69, 9.17) is 0 Å². The number of amides is 1. The number of carbonyl (C=O) groups is 1. The Kier molecular flexibility index (Phi) is 5.28. The Hall–Kier alpha value is -2.35. The normalized spacial score (nSPS) is 15.7. The second kappa shape index (κ2) is 7.34. The number of hydrogen-bond acceptors (Lipinski definition) is 3. The number of anilines is 1. The van der Waals surface area contributed by atoms with E-state index in [2.05, 4.69) is 5.32 Å². The van der Waals surface area contributed by atoms with Crippen LogP contribution in [0, 0.1) is 0 Å². The zero-order chi connectivity index (χ0) is 19.7. The maximum Gasteiger partial charge on any atom is 0.416 e. The van der Waals surface area contributed by atoms with Crippen molar-refractivity contribution in [1.82, 2.24) is 0 Å². The Morgan fingerprint density at radius 3 is 2.33 bits per heavy atom. The predicted octanol–water partition coefficient (Wildman–Crippen LogP) is 4.67. The van der Waals surface area contributed by atoms with Gasteiger partial charge in [0.05, 0.1) is 15.7 Å². The first-order valence-electron chi connectivity index (χ1n) is 8.50. The highest BCUT2D eigenvalue weighted by molar-refractivity contribution is 7.92. The molecule has 1 aliphatic rings. The van der Waals surface area contributed by atoms with Gasteiger partial charge in [0.1, 0.15) is 0 Å². The number of carbonyl (C=O) groups excluding carboxylic acids is 1. The van der Waals surface area contributed by atoms with Crippen molar-refractivity contribution in [3.63, 3.8) is 0 Å². The average molecular weight is 397 g/mol. The van der Waals surface area contributed by atoms with Gasteiger partial charge < -0.3 is 5.32 Å². The van der Waals surface area contributed by atoms with Crippen LogP contribution in [0.3, 0.4) is 0 Å². The maximum atomic E-state index is 12.8. The number of rotatable bonds is 4. The van der Waals surface area contributed by atoms with Crippen molar-refractivity contribution in [3.05, 3.63) is 59.7 Å². The SMILES string of the molecule is O=C(Nc1cccc(S(=O)(=O)C2CCCC2)c1)c1cccc(C(F)(F)F)c1. The standard InChI is InChI=1S/C19H18F3NO3S/c20-19(21,22)14-6-3-5-13(11-14)18(24)23-15-7-4-10-17(12-15)27(25,26)16-8-1-2-9-16/h3-7,10-12,16H,1-2,8-9H2,(H,23,24). The molecule has 1 N–H and O–H groups in total. The third-order valence-corrected chi connectivity index (χ3v) is 6.87. The molecule has 1 aliphatic carbocycles. The summed E-state index contributed by atoms with van der Waals surface area (Å²) in [7, 11) is -3.49. The highest BCUT2D eigenvalue weighted by atomic mass is 32.2. The van der Waals surface area contributed by atoms with E-state index in [9.17, 15) is 26.4 Å². The van der Waals surface area contributed by atoms with Crippen LogP contribution in [0.15, 0.2) is 53.4 Å². The van der Waals surface area contributed by atoms with Crippen molar-refractivity contribution in [2.45, 2.75) is 42.0 Å². The van der Waals surface area contributed by atoms with E-state index in [1.807, 2.05) is 0 Å². The van der Waals surface area contributed by atoms with Crippen LogP contribution in [0.2, 0.25) is 0 Å². The molecule has 0 aromatic heterocycles. The van der Waals surface area contributed by atoms with Crippen LogP contribution in [0.4, 0.5) is 18.9 Å². The third-order valence-electron chi connectivity index (χ3n) is 4.61. The molecule has 144 valence electrons. The molecule has 0 saturated heterocycles. The molecule has 0 bridgehead atoms. The van der Waals surface area contributed by atoms with Crippen LogP contribution < -0.4 is 5.32 Å². The van der Waals surface area contributed by atoms with E-state index in [-0.39, 0.29) is 16.1 Å². The first-order chi connectivity index (χ1) is 12.7. The van der Waals surface area contributed by atoms with Gasteiger partial charge in [-0.15, -0.1) is 0 Å². The van der Waals surface area contributed by atoms with Gasteiger partial charge in [0, 0.05) is 11.3 Å². The van der Waals surface area contributed by atoms with Crippen LogP contribution >= 0.6 is 0 Å². The summed E-state index contributed by atoms with van der Waals surface area (Å²) in [5, 5.41) is 2.05. The average Bonchev–Trinajstić information content (AvgIpc) is 3.17. The molecule has 0 unspecified atom stereocenters. The molecule has 1 amide bonds. The predicted molar refractivity (Wildman–Crippen MR) is 95.3 cm³/mol. The van der Waals surface area contributed by atoms with Gasteiger partial charge in [-0.05, 0) is 49.2 Å². The zero-order valence-electron chi connectivity index (χ0n) is 14.3. The Morgan fingerprint density at radius 2 is 1.67 bits per heavy atom. The molecule has 0 aliphatic heterocycles. The Morgan fingerprint density at radius 1 is 1.00 bits per heavy atom. The van der Waals surface area contributed by atoms with Gasteiger partial charge in [-0.25, -0.2) is 8.42 Å². The lowest BCUT2D eigenvalue weighted by Gasteiger charge is -2.13. The summed E-state index contributed by atoms with van der Waals surface area (Å²) in [5.41, 5.74) is -0.863. The summed E-state index contributed by atoms with van der Waals surface area (Å²) >= 11 is 0. The van der Waals surface area contributed by atoms with Crippen LogP contribution in [0.5, 0.6) is 0 Å². The molecule has 0 heterocycles. The van der Waals surface area contributed by atoms with Gasteiger partial charge in [-0.2, -0.15) is 13.2 Å². The van der Waals surface area contributed by atoms with Crippen LogP contribution in [-0.4, -0.2) is 19.6 Å². The number of alkyl halides is 3. The van der Waals surface area contributed by atoms with E-state index in [0.29, 0.717) is 12.8 Å². The molecule has 4 nitrogen and oxygen atoms in total. The van der Waals surface area contributed by atoms with Gasteiger partial charge in [-0.3, -0.25) is 4.79 Å². The minimum absolute atomic E-state index is 0.108. The number of hydrogen-bond donors (Lipinski definition) is 1. The number of halogens is 3. The van der Waals surface area contributed by atoms with Crippen LogP contribution in [0.25, 0.3) is 0 Å². The van der Waals surface area contributed by atoms with E-state index in [1.54, 1.807) is 0 Å². The molecule has 0 radical (unpaired) electrons. The van der Waals surface area contributed by atoms with Gasteiger partial charge in [0.15, 0.2) is 9.84 Å². The lowest BCUT2D eigenvalue weighted by atomic mass is 10.1. The van der Waals surface area contributed by atoms with Crippen molar-refractivity contribution in [2.75, 3.05) is 5.32 Å². The van der Waals surface area contributed by atoms with Crippen LogP contribution in [0.1, 0.15) is 41.6 Å². The largest absolute Gasteiger partial charge is 0.416 e. The molecule has 3 rings (SSSR count). The summed E-state index contributed by atoms with van der Waals surface area (Å²) in [5.74, 6) is -0.739. The van der Waals surface area contributed by atoms with Gasteiger partial charge >= 0.3 is 6.18 Å². The fraction of sp³-hybridized carbons (Fsp3) is 0.316. The summed E-state index contributed by atoms with van der Waals surface area (Å²) in [6.07, 6.45) is -1.58. The molecule has 2 aromatic rings. The second-order valence-corrected chi connectivity index (χ2v) is 8.74. The third kappa shape index (κ3) is 4.32. The zero-order valence-corrected chi connectivity index (χ0v) is 15.1. The van der Waals surface area contributed by atoms with Crippen molar-refractivity contribution < 1.29 is 26.4 Å². The second-order valence-electron chi connectivity index (χ2n) is 6.51. The highest BCUT2D eigenvalue weighted by Crippen LogP contribution is 2.31. The molecule has 2 aromatic carbocycles. The lowest BCUT2D eigenvalue weighted by molar-refractivity contribution is -0.137. The Bertz CT molecular complexity index is 949. The topological polar surface area (TPSA) is 63.2 Å². The van der Waals surface area contributed by atoms with E-state index in [1.165, 1.54) is 30.3 Å². The van der Waals surface area contributed by atoms with Crippen molar-refractivity contribution in [1.29, 1.82) is 0 Å². The Labute approximate surface area is 155 Å². The molecular formula is C19H18F3NO3S. The minimum Gasteiger partial charge on any atom is -0.322 e. The van der Waals surface area contributed by atoms with Gasteiger partial charge in [0.25, 0.3) is 5.91 Å². The molecule has 8 heteroatoms. The first kappa shape index (κ1) is 19.4. The summed E-state index contributed by atoms with van der Waals surface area (Å²) in [4.78, 5) is 12.4. The molecule has 0 atom stereocenters. The van der Waals surface area contributed by atoms with Gasteiger partial charge in [-0.1, -0.05) is 25.0 Å². The monoisotopic (exact) mass is 397 g/mol. The minimum atomic E-state index is -4.55. The lowest BCUT2D eigenvalue weighted by Crippen LogP contribution is -2.18. The summed E-state index contributed by atoms with van der Waals surface area (Å²) in [6, 6.07) is 9.87. The number of nitrogens with one attached hydrogen (secondary N) is 1. The number of benzene rings is 2. The quantitative estimate of drug-likeness (QED) is 0.815. The van der Waals surface area contributed by atoms with Crippen LogP contribution in [-0.2, 0) is 16.0 Å².